The smallest absolute Gasteiger partial charge is 0.143 e. The maximum atomic E-state index is 6.89. The molecule has 3 aromatic heterocycles. The molecular formula is C48H30OS2. The first-order chi connectivity index (χ1) is 25.3. The second-order valence-electron chi connectivity index (χ2n) is 13.6. The van der Waals surface area contributed by atoms with Crippen LogP contribution in [0.5, 0.6) is 0 Å². The molecule has 2 aliphatic carbocycles. The van der Waals surface area contributed by atoms with E-state index in [4.69, 9.17) is 4.42 Å². The van der Waals surface area contributed by atoms with Crippen LogP contribution in [-0.4, -0.2) is 0 Å². The molecule has 0 radical (unpaired) electrons. The van der Waals surface area contributed by atoms with Gasteiger partial charge in [0.1, 0.15) is 11.2 Å². The van der Waals surface area contributed by atoms with E-state index in [9.17, 15) is 0 Å². The van der Waals surface area contributed by atoms with Crippen molar-refractivity contribution in [2.75, 3.05) is 0 Å². The maximum Gasteiger partial charge on any atom is 0.143 e. The summed E-state index contributed by atoms with van der Waals surface area (Å²) >= 11 is 3.52. The lowest BCUT2D eigenvalue weighted by Crippen LogP contribution is -2.22. The molecule has 2 aliphatic rings. The van der Waals surface area contributed by atoms with Crippen LogP contribution in [0.3, 0.4) is 0 Å². The highest BCUT2D eigenvalue weighted by molar-refractivity contribution is 7.08. The van der Waals surface area contributed by atoms with E-state index in [1.165, 1.54) is 71.6 Å². The van der Waals surface area contributed by atoms with Crippen LogP contribution < -0.4 is 0 Å². The number of rotatable bonds is 4. The Morgan fingerprint density at radius 2 is 1.22 bits per heavy atom. The Kier molecular flexibility index (Phi) is 6.49. The fourth-order valence-electron chi connectivity index (χ4n) is 8.89. The molecule has 6 aromatic carbocycles. The molecule has 240 valence electrons. The Balaban J connectivity index is 1.15. The van der Waals surface area contributed by atoms with Gasteiger partial charge >= 0.3 is 0 Å². The van der Waals surface area contributed by atoms with Gasteiger partial charge in [0.15, 0.2) is 0 Å². The summed E-state index contributed by atoms with van der Waals surface area (Å²) < 4.78 is 6.89. The van der Waals surface area contributed by atoms with Crippen molar-refractivity contribution < 1.29 is 4.42 Å². The minimum absolute atomic E-state index is 0.249. The minimum atomic E-state index is 0.249. The fourth-order valence-corrected chi connectivity index (χ4v) is 10.2. The zero-order chi connectivity index (χ0) is 33.5. The van der Waals surface area contributed by atoms with Gasteiger partial charge in [-0.25, -0.2) is 0 Å². The Morgan fingerprint density at radius 1 is 0.529 bits per heavy atom. The van der Waals surface area contributed by atoms with Gasteiger partial charge in [-0.15, -0.1) is 0 Å². The molecular weight excluding hydrogens is 657 g/mol. The van der Waals surface area contributed by atoms with Crippen molar-refractivity contribution in [1.29, 1.82) is 0 Å². The molecule has 0 spiro atoms. The molecule has 0 fully saturated rings. The molecule has 0 saturated heterocycles. The molecule has 51 heavy (non-hydrogen) atoms. The topological polar surface area (TPSA) is 13.1 Å². The molecule has 0 amide bonds. The first-order valence-electron chi connectivity index (χ1n) is 17.5. The van der Waals surface area contributed by atoms with Gasteiger partial charge in [-0.3, -0.25) is 0 Å². The number of allylic oxidation sites excluding steroid dienone is 5. The van der Waals surface area contributed by atoms with Crippen LogP contribution >= 0.6 is 22.7 Å². The van der Waals surface area contributed by atoms with Crippen LogP contribution in [0.2, 0.25) is 0 Å². The quantitative estimate of drug-likeness (QED) is 0.168. The highest BCUT2D eigenvalue weighted by Crippen LogP contribution is 2.52. The average molecular weight is 687 g/mol. The SMILES string of the molecule is C1=CC2=C(c3cccc4c3oc3ccc(-c5c6ccccc6c(-c6ccsc6)c6ccccc56)cc34)c3ccccc3C(c3ccsc3)C2C=C1. The molecule has 2 unspecified atom stereocenters. The van der Waals surface area contributed by atoms with Crippen molar-refractivity contribution in [2.24, 2.45) is 5.92 Å². The fraction of sp³-hybridized carbons (Fsp3) is 0.0417. The highest BCUT2D eigenvalue weighted by atomic mass is 32.1. The van der Waals surface area contributed by atoms with Crippen molar-refractivity contribution in [1.82, 2.24) is 0 Å². The lowest BCUT2D eigenvalue weighted by Gasteiger charge is -2.36. The number of para-hydroxylation sites is 1. The van der Waals surface area contributed by atoms with E-state index >= 15 is 0 Å². The highest BCUT2D eigenvalue weighted by Gasteiger charge is 2.36. The van der Waals surface area contributed by atoms with Crippen LogP contribution in [0.1, 0.15) is 28.2 Å². The molecule has 0 bridgehead atoms. The van der Waals surface area contributed by atoms with Gasteiger partial charge in [-0.2, -0.15) is 22.7 Å². The number of thiophene rings is 2. The molecule has 0 N–H and O–H groups in total. The van der Waals surface area contributed by atoms with Gasteiger partial charge in [0.25, 0.3) is 0 Å². The van der Waals surface area contributed by atoms with Gasteiger partial charge in [0.05, 0.1) is 0 Å². The molecule has 2 atom stereocenters. The van der Waals surface area contributed by atoms with Gasteiger partial charge in [0.2, 0.25) is 0 Å². The average Bonchev–Trinajstić information content (AvgIpc) is 3.98. The van der Waals surface area contributed by atoms with Crippen molar-refractivity contribution in [3.8, 4) is 22.3 Å². The van der Waals surface area contributed by atoms with Gasteiger partial charge in [0, 0.05) is 28.2 Å². The molecule has 3 heteroatoms. The summed E-state index contributed by atoms with van der Waals surface area (Å²) in [5, 5.41) is 16.3. The summed E-state index contributed by atoms with van der Waals surface area (Å²) in [6.07, 6.45) is 9.11. The summed E-state index contributed by atoms with van der Waals surface area (Å²) in [6.45, 7) is 0. The monoisotopic (exact) mass is 686 g/mol. The zero-order valence-corrected chi connectivity index (χ0v) is 29.2. The molecule has 9 aromatic rings. The lowest BCUT2D eigenvalue weighted by molar-refractivity contribution is 0.648. The number of fused-ring (bicyclic) bond motifs is 7. The standard InChI is InChI=1S/C48H30OS2/c1-3-12-34-32(10-1)44(33-11-2-4-13-35(33)45(34)30-22-24-50-27-30)29-20-21-43-42(26-29)40-18-9-19-41(48(40)49-43)47-38-16-7-5-14-36(38)46(31-23-25-51-28-31)37-15-6-8-17-39(37)47/h1-28,36,46H. The number of furan rings is 1. The van der Waals surface area contributed by atoms with Crippen molar-refractivity contribution in [3.63, 3.8) is 0 Å². The maximum absolute atomic E-state index is 6.89. The Hall–Kier alpha value is -5.74. The molecule has 0 saturated carbocycles. The Morgan fingerprint density at radius 3 is 1.96 bits per heavy atom. The van der Waals surface area contributed by atoms with Crippen molar-refractivity contribution in [2.45, 2.75) is 5.92 Å². The van der Waals surface area contributed by atoms with E-state index in [0.717, 1.165) is 27.5 Å². The van der Waals surface area contributed by atoms with Gasteiger partial charge in [-0.1, -0.05) is 121 Å². The number of hydrogen-bond acceptors (Lipinski definition) is 3. The summed E-state index contributed by atoms with van der Waals surface area (Å²) in [7, 11) is 0. The third kappa shape index (κ3) is 4.32. The van der Waals surface area contributed by atoms with Gasteiger partial charge < -0.3 is 4.42 Å². The Labute approximate surface area is 303 Å². The summed E-state index contributed by atoms with van der Waals surface area (Å²) in [4.78, 5) is 0. The number of benzene rings is 6. The van der Waals surface area contributed by atoms with Crippen LogP contribution in [0.25, 0.3) is 71.3 Å². The third-order valence-corrected chi connectivity index (χ3v) is 12.4. The first-order valence-corrected chi connectivity index (χ1v) is 19.3. The summed E-state index contributed by atoms with van der Waals surface area (Å²) in [5.41, 5.74) is 14.7. The normalized spacial score (nSPS) is 16.8. The zero-order valence-electron chi connectivity index (χ0n) is 27.5. The van der Waals surface area contributed by atoms with E-state index in [2.05, 4.69) is 167 Å². The lowest BCUT2D eigenvalue weighted by atomic mass is 9.67. The van der Waals surface area contributed by atoms with Crippen molar-refractivity contribution in [3.05, 3.63) is 195 Å². The van der Waals surface area contributed by atoms with E-state index < -0.39 is 0 Å². The predicted octanol–water partition coefficient (Wildman–Crippen LogP) is 14.0. The van der Waals surface area contributed by atoms with Crippen LogP contribution in [-0.2, 0) is 0 Å². The molecule has 0 aliphatic heterocycles. The molecule has 1 nitrogen and oxygen atoms in total. The second kappa shape index (κ2) is 11.4. The van der Waals surface area contributed by atoms with Crippen molar-refractivity contribution >= 4 is 71.7 Å². The molecule has 11 rings (SSSR count). The third-order valence-electron chi connectivity index (χ3n) is 11.0. The van der Waals surface area contributed by atoms with E-state index in [0.29, 0.717) is 0 Å². The largest absolute Gasteiger partial charge is 0.455 e. The van der Waals surface area contributed by atoms with Crippen LogP contribution in [0, 0.1) is 5.92 Å². The summed E-state index contributed by atoms with van der Waals surface area (Å²) in [5.74, 6) is 0.528. The minimum Gasteiger partial charge on any atom is -0.455 e. The number of hydrogen-bond donors (Lipinski definition) is 0. The van der Waals surface area contributed by atoms with E-state index in [-0.39, 0.29) is 11.8 Å². The van der Waals surface area contributed by atoms with E-state index in [1.807, 2.05) is 0 Å². The van der Waals surface area contributed by atoms with E-state index in [1.54, 1.807) is 22.7 Å². The van der Waals surface area contributed by atoms with Crippen LogP contribution in [0.4, 0.5) is 0 Å². The van der Waals surface area contributed by atoms with Crippen LogP contribution in [0.15, 0.2) is 177 Å². The predicted molar refractivity (Wildman–Crippen MR) is 218 cm³/mol. The Bertz CT molecular complexity index is 2860. The first kappa shape index (κ1) is 29.0. The second-order valence-corrected chi connectivity index (χ2v) is 15.1. The van der Waals surface area contributed by atoms with Gasteiger partial charge in [-0.05, 0) is 117 Å². The molecule has 3 heterocycles. The summed E-state index contributed by atoms with van der Waals surface area (Å²) in [6, 6.07) is 44.8.